The van der Waals surface area contributed by atoms with Crippen molar-refractivity contribution in [1.29, 1.82) is 0 Å². The number of hydrogen-bond donors (Lipinski definition) is 0. The quantitative estimate of drug-likeness (QED) is 0.145. The summed E-state index contributed by atoms with van der Waals surface area (Å²) in [6.07, 6.45) is 8.83. The lowest BCUT2D eigenvalue weighted by molar-refractivity contribution is 0.00578. The molecule has 4 aromatic rings. The van der Waals surface area contributed by atoms with Gasteiger partial charge < -0.3 is 28.6 Å². The monoisotopic (exact) mass is 982 g/mol. The van der Waals surface area contributed by atoms with Gasteiger partial charge >= 0.3 is 19.3 Å². The first-order chi connectivity index (χ1) is 26.9. The SMILES string of the molecule is CC1C(B2OC(C)(C)C(C)(C)O2)=CCCN1C(=O)OC(C)(C)C.CC1C(c2cc3c(Cl)ccnc3s2)=CCCN1C(=O)OC(C)(C)C.Clc1ccnc2sc(I)cc12. The molecule has 314 valence electrons. The molecule has 10 nitrogen and oxygen atoms in total. The highest BCUT2D eigenvalue weighted by Gasteiger charge is 2.54. The summed E-state index contributed by atoms with van der Waals surface area (Å²) >= 11 is 17.7. The zero-order valence-corrected chi connectivity index (χ0v) is 40.7. The number of aromatic nitrogens is 2. The van der Waals surface area contributed by atoms with Crippen LogP contribution >= 0.6 is 68.5 Å². The number of amides is 2. The van der Waals surface area contributed by atoms with Crippen LogP contribution in [0.25, 0.3) is 26.0 Å². The van der Waals surface area contributed by atoms with E-state index in [9.17, 15) is 9.59 Å². The van der Waals surface area contributed by atoms with Crippen LogP contribution in [0.3, 0.4) is 0 Å². The Morgan fingerprint density at radius 3 is 1.74 bits per heavy atom. The third-order valence-corrected chi connectivity index (χ3v) is 13.7. The maximum atomic E-state index is 12.5. The number of ether oxygens (including phenoxy) is 2. The Morgan fingerprint density at radius 1 is 0.793 bits per heavy atom. The second-order valence-electron chi connectivity index (χ2n) is 17.4. The number of thiophene rings is 2. The van der Waals surface area contributed by atoms with Crippen molar-refractivity contribution in [3.05, 3.63) is 72.1 Å². The lowest BCUT2D eigenvalue weighted by atomic mass is 9.72. The predicted molar refractivity (Wildman–Crippen MR) is 248 cm³/mol. The molecule has 0 N–H and O–H groups in total. The van der Waals surface area contributed by atoms with Crippen molar-refractivity contribution in [2.24, 2.45) is 0 Å². The summed E-state index contributed by atoms with van der Waals surface area (Å²) in [6, 6.07) is 7.58. The van der Waals surface area contributed by atoms with Crippen molar-refractivity contribution >= 4 is 114 Å². The number of fused-ring (bicyclic) bond motifs is 2. The Bertz CT molecular complexity index is 2180. The van der Waals surface area contributed by atoms with Crippen LogP contribution in [0.5, 0.6) is 0 Å². The molecule has 0 aliphatic carbocycles. The molecule has 58 heavy (non-hydrogen) atoms. The highest BCUT2D eigenvalue weighted by molar-refractivity contribution is 14.1. The van der Waals surface area contributed by atoms with Gasteiger partial charge in [0, 0.05) is 41.1 Å². The standard InChI is InChI=1S/C18H21ClN2O2S.C17H30BNO4.C7H3ClINS/c1-11-12(6-5-9-21(11)17(22)23-18(2,3)4)15-10-13-14(19)7-8-20-16(13)24-15;1-12-13(18-22-16(5,6)17(7,8)23-18)10-9-11-19(12)14(20)21-15(2,3)4;8-5-1-2-10-7-4(5)3-6(9)11-7/h6-8,10-11H,5,9H2,1-4H3;10,12H,9,11H2,1-8H3;1-3H. The van der Waals surface area contributed by atoms with Crippen molar-refractivity contribution < 1.29 is 28.4 Å². The predicted octanol–water partition coefficient (Wildman–Crippen LogP) is 12.5. The topological polar surface area (TPSA) is 103 Å². The number of carbonyl (C=O) groups is 2. The van der Waals surface area contributed by atoms with Crippen LogP contribution in [0.1, 0.15) is 101 Å². The number of hydrogen-bond acceptors (Lipinski definition) is 10. The fraction of sp³-hybridized carbons (Fsp3) is 0.524. The van der Waals surface area contributed by atoms with Crippen LogP contribution in [-0.4, -0.2) is 86.7 Å². The van der Waals surface area contributed by atoms with Gasteiger partial charge in [0.1, 0.15) is 20.9 Å². The third kappa shape index (κ3) is 11.3. The Labute approximate surface area is 374 Å². The molecule has 3 aliphatic heterocycles. The van der Waals surface area contributed by atoms with Crippen molar-refractivity contribution in [2.45, 2.75) is 130 Å². The minimum atomic E-state index is -0.498. The molecule has 0 aromatic carbocycles. The summed E-state index contributed by atoms with van der Waals surface area (Å²) in [4.78, 5) is 40.1. The lowest BCUT2D eigenvalue weighted by Gasteiger charge is -2.36. The van der Waals surface area contributed by atoms with E-state index in [2.05, 4.69) is 56.8 Å². The summed E-state index contributed by atoms with van der Waals surface area (Å²) in [5.74, 6) is 0. The van der Waals surface area contributed by atoms with E-state index >= 15 is 0 Å². The maximum Gasteiger partial charge on any atom is 0.492 e. The minimum absolute atomic E-state index is 0.0413. The van der Waals surface area contributed by atoms with Gasteiger partial charge in [-0.3, -0.25) is 0 Å². The number of nitrogens with zero attached hydrogens (tertiary/aromatic N) is 4. The van der Waals surface area contributed by atoms with Gasteiger partial charge in [0.25, 0.3) is 0 Å². The highest BCUT2D eigenvalue weighted by Crippen LogP contribution is 2.41. The second-order valence-corrected chi connectivity index (χ2v) is 22.2. The summed E-state index contributed by atoms with van der Waals surface area (Å²) in [5, 5.41) is 3.51. The van der Waals surface area contributed by atoms with Crippen molar-refractivity contribution in [3.8, 4) is 0 Å². The van der Waals surface area contributed by atoms with Crippen molar-refractivity contribution in [3.63, 3.8) is 0 Å². The van der Waals surface area contributed by atoms with E-state index in [1.807, 2.05) is 89.2 Å². The van der Waals surface area contributed by atoms with Crippen LogP contribution in [0.4, 0.5) is 9.59 Å². The van der Waals surface area contributed by atoms with Crippen LogP contribution in [0.15, 0.2) is 54.3 Å². The van der Waals surface area contributed by atoms with Gasteiger partial charge in [0.05, 0.1) is 36.2 Å². The molecule has 3 aliphatic rings. The molecule has 0 spiro atoms. The number of rotatable bonds is 2. The van der Waals surface area contributed by atoms with Crippen LogP contribution in [0, 0.1) is 2.88 Å². The first-order valence-electron chi connectivity index (χ1n) is 19.4. The lowest BCUT2D eigenvalue weighted by Crippen LogP contribution is -2.48. The number of pyridine rings is 2. The minimum Gasteiger partial charge on any atom is -0.444 e. The zero-order chi connectivity index (χ0) is 43.0. The summed E-state index contributed by atoms with van der Waals surface area (Å²) < 4.78 is 24.5. The molecule has 7 heterocycles. The largest absolute Gasteiger partial charge is 0.492 e. The van der Waals surface area contributed by atoms with Gasteiger partial charge in [-0.15, -0.1) is 22.7 Å². The highest BCUT2D eigenvalue weighted by atomic mass is 127. The Hall–Kier alpha value is -2.47. The van der Waals surface area contributed by atoms with Gasteiger partial charge in [-0.1, -0.05) is 35.4 Å². The molecule has 2 unspecified atom stereocenters. The molecule has 2 atom stereocenters. The van der Waals surface area contributed by atoms with Crippen molar-refractivity contribution in [1.82, 2.24) is 19.8 Å². The first kappa shape index (κ1) is 46.6. The van der Waals surface area contributed by atoms with E-state index in [0.29, 0.717) is 18.1 Å². The van der Waals surface area contributed by atoms with Crippen molar-refractivity contribution in [2.75, 3.05) is 13.1 Å². The van der Waals surface area contributed by atoms with E-state index in [-0.39, 0.29) is 35.5 Å². The maximum absolute atomic E-state index is 12.5. The molecule has 1 saturated heterocycles. The van der Waals surface area contributed by atoms with E-state index in [1.54, 1.807) is 50.9 Å². The number of carbonyl (C=O) groups excluding carboxylic acids is 2. The van der Waals surface area contributed by atoms with Crippen LogP contribution in [0.2, 0.25) is 10.0 Å². The van der Waals surface area contributed by atoms with Gasteiger partial charge in [0.2, 0.25) is 0 Å². The average Bonchev–Trinajstić information content (AvgIpc) is 3.77. The summed E-state index contributed by atoms with van der Waals surface area (Å²) in [5.41, 5.74) is 0.376. The molecular weight excluding hydrogens is 929 g/mol. The Morgan fingerprint density at radius 2 is 1.26 bits per heavy atom. The Kier molecular flexibility index (Phi) is 14.7. The summed E-state index contributed by atoms with van der Waals surface area (Å²) in [6.45, 7) is 24.8. The smallest absolute Gasteiger partial charge is 0.444 e. The molecule has 4 aromatic heterocycles. The van der Waals surface area contributed by atoms with Gasteiger partial charge in [-0.2, -0.15) is 0 Å². The van der Waals surface area contributed by atoms with Gasteiger partial charge in [-0.25, -0.2) is 19.6 Å². The average molecular weight is 984 g/mol. The molecule has 1 fully saturated rings. The fourth-order valence-corrected chi connectivity index (χ4v) is 9.81. The van der Waals surface area contributed by atoms with E-state index in [0.717, 1.165) is 54.2 Å². The molecule has 0 radical (unpaired) electrons. The Balaban J connectivity index is 0.000000176. The fourth-order valence-electron chi connectivity index (χ4n) is 6.45. The van der Waals surface area contributed by atoms with Crippen LogP contribution in [-0.2, 0) is 18.8 Å². The van der Waals surface area contributed by atoms with Gasteiger partial charge in [-0.05, 0) is 154 Å². The van der Waals surface area contributed by atoms with Gasteiger partial charge in [0.15, 0.2) is 0 Å². The van der Waals surface area contributed by atoms with Crippen LogP contribution < -0.4 is 0 Å². The summed E-state index contributed by atoms with van der Waals surface area (Å²) in [7, 11) is -0.416. The third-order valence-electron chi connectivity index (χ3n) is 10.2. The normalized spacial score (nSPS) is 20.4. The van der Waals surface area contributed by atoms with E-state index < -0.39 is 18.3 Å². The molecule has 0 saturated carbocycles. The molecule has 0 bridgehead atoms. The molecular formula is C42H54BCl2IN4O6S2. The first-order valence-corrected chi connectivity index (χ1v) is 22.8. The molecule has 2 amide bonds. The second kappa shape index (κ2) is 18.3. The molecule has 7 rings (SSSR count). The van der Waals surface area contributed by atoms with E-state index in [1.165, 1.54) is 2.88 Å². The zero-order valence-electron chi connectivity index (χ0n) is 35.4. The molecule has 16 heteroatoms. The van der Waals surface area contributed by atoms with E-state index in [4.69, 9.17) is 42.0 Å². The number of halogens is 3.